The van der Waals surface area contributed by atoms with E-state index >= 15 is 0 Å². The van der Waals surface area contributed by atoms with Gasteiger partial charge in [0, 0.05) is 18.2 Å². The smallest absolute Gasteiger partial charge is 0.335 e. The Bertz CT molecular complexity index is 1490. The first-order valence-corrected chi connectivity index (χ1v) is 12.6. The van der Waals surface area contributed by atoms with Gasteiger partial charge in [0.15, 0.2) is 5.17 Å². The van der Waals surface area contributed by atoms with Gasteiger partial charge in [0.05, 0.1) is 16.2 Å². The highest BCUT2D eigenvalue weighted by Gasteiger charge is 2.33. The molecule has 0 atom stereocenters. The maximum absolute atomic E-state index is 13.4. The molecule has 0 bridgehead atoms. The van der Waals surface area contributed by atoms with Gasteiger partial charge >= 0.3 is 5.97 Å². The average Bonchev–Trinajstić information content (AvgIpc) is 3.49. The monoisotopic (exact) mass is 508 g/mol. The normalized spacial score (nSPS) is 15.6. The van der Waals surface area contributed by atoms with Crippen molar-refractivity contribution in [3.05, 3.63) is 118 Å². The predicted octanol–water partition coefficient (Wildman–Crippen LogP) is 6.80. The standard InChI is InChI=1S/C30H24N2O4S/c1-20-7-13-24(14-8-20)31-30-32(18-17-21-5-3-2-4-6-21)28(33)27(37-30)19-25-15-16-26(36-25)22-9-11-23(12-10-22)29(34)35/h2-16,19H,17-18H2,1H3,(H,34,35)/b27-19-,31-30?. The van der Waals surface area contributed by atoms with Crippen molar-refractivity contribution in [2.24, 2.45) is 4.99 Å². The van der Waals surface area contributed by atoms with Crippen LogP contribution in [0.25, 0.3) is 17.4 Å². The van der Waals surface area contributed by atoms with Gasteiger partial charge in [-0.1, -0.05) is 60.2 Å². The first kappa shape index (κ1) is 24.3. The van der Waals surface area contributed by atoms with Crippen LogP contribution in [0, 0.1) is 6.92 Å². The van der Waals surface area contributed by atoms with Gasteiger partial charge in [-0.3, -0.25) is 9.69 Å². The summed E-state index contributed by atoms with van der Waals surface area (Å²) in [5, 5.41) is 9.74. The summed E-state index contributed by atoms with van der Waals surface area (Å²) in [6.07, 6.45) is 2.44. The number of aliphatic imine (C=N–C) groups is 1. The number of nitrogens with zero attached hydrogens (tertiary/aromatic N) is 2. The van der Waals surface area contributed by atoms with Gasteiger partial charge in [-0.25, -0.2) is 9.79 Å². The van der Waals surface area contributed by atoms with Crippen molar-refractivity contribution < 1.29 is 19.1 Å². The van der Waals surface area contributed by atoms with E-state index in [1.165, 1.54) is 23.9 Å². The van der Waals surface area contributed by atoms with Crippen LogP contribution in [-0.2, 0) is 11.2 Å². The second-order valence-corrected chi connectivity index (χ2v) is 9.63. The largest absolute Gasteiger partial charge is 0.478 e. The van der Waals surface area contributed by atoms with E-state index in [1.54, 1.807) is 35.2 Å². The van der Waals surface area contributed by atoms with E-state index in [2.05, 4.69) is 12.1 Å². The molecular weight excluding hydrogens is 484 g/mol. The maximum Gasteiger partial charge on any atom is 0.335 e. The van der Waals surface area contributed by atoms with Crippen LogP contribution < -0.4 is 0 Å². The van der Waals surface area contributed by atoms with Crippen molar-refractivity contribution in [1.29, 1.82) is 0 Å². The third kappa shape index (κ3) is 5.73. The second kappa shape index (κ2) is 10.7. The summed E-state index contributed by atoms with van der Waals surface area (Å²) in [5.41, 5.74) is 4.05. The van der Waals surface area contributed by atoms with Gasteiger partial charge < -0.3 is 9.52 Å². The Hall–Kier alpha value is -4.36. The number of aryl methyl sites for hydroxylation is 1. The number of amidine groups is 1. The molecule has 184 valence electrons. The number of aromatic carboxylic acids is 1. The fraction of sp³-hybridized carbons (Fsp3) is 0.100. The Morgan fingerprint density at radius 3 is 2.41 bits per heavy atom. The predicted molar refractivity (Wildman–Crippen MR) is 147 cm³/mol. The summed E-state index contributed by atoms with van der Waals surface area (Å²) in [6.45, 7) is 2.53. The fourth-order valence-corrected chi connectivity index (χ4v) is 4.90. The van der Waals surface area contributed by atoms with Gasteiger partial charge in [0.25, 0.3) is 5.91 Å². The molecule has 6 nitrogen and oxygen atoms in total. The zero-order valence-corrected chi connectivity index (χ0v) is 20.9. The van der Waals surface area contributed by atoms with Crippen LogP contribution in [0.15, 0.2) is 105 Å². The van der Waals surface area contributed by atoms with Gasteiger partial charge in [-0.2, -0.15) is 0 Å². The molecular formula is C30H24N2O4S. The molecule has 0 unspecified atom stereocenters. The highest BCUT2D eigenvalue weighted by Crippen LogP contribution is 2.35. The molecule has 0 radical (unpaired) electrons. The lowest BCUT2D eigenvalue weighted by Gasteiger charge is -2.15. The number of rotatable bonds is 7. The van der Waals surface area contributed by atoms with Crippen molar-refractivity contribution >= 4 is 40.6 Å². The summed E-state index contributed by atoms with van der Waals surface area (Å²) >= 11 is 1.33. The van der Waals surface area contributed by atoms with Gasteiger partial charge in [-0.15, -0.1) is 0 Å². The zero-order chi connectivity index (χ0) is 25.8. The van der Waals surface area contributed by atoms with E-state index in [-0.39, 0.29) is 11.5 Å². The Labute approximate surface area is 219 Å². The number of carbonyl (C=O) groups is 2. The number of carbonyl (C=O) groups excluding carboxylic acids is 1. The van der Waals surface area contributed by atoms with Crippen LogP contribution in [0.3, 0.4) is 0 Å². The number of benzene rings is 3. The molecule has 0 spiro atoms. The maximum atomic E-state index is 13.4. The molecule has 1 aliphatic rings. The first-order chi connectivity index (χ1) is 18.0. The Balaban J connectivity index is 1.40. The second-order valence-electron chi connectivity index (χ2n) is 8.62. The number of carboxylic acid groups (broad SMARTS) is 1. The lowest BCUT2D eigenvalue weighted by molar-refractivity contribution is -0.122. The van der Waals surface area contributed by atoms with E-state index < -0.39 is 5.97 Å². The van der Waals surface area contributed by atoms with Crippen LogP contribution >= 0.6 is 11.8 Å². The molecule has 1 aromatic heterocycles. The van der Waals surface area contributed by atoms with Crippen molar-refractivity contribution in [1.82, 2.24) is 4.90 Å². The number of furan rings is 1. The molecule has 2 heterocycles. The van der Waals surface area contributed by atoms with E-state index in [4.69, 9.17) is 14.5 Å². The van der Waals surface area contributed by atoms with Crippen LogP contribution in [0.2, 0.25) is 0 Å². The highest BCUT2D eigenvalue weighted by atomic mass is 32.2. The number of carboxylic acids is 1. The van der Waals surface area contributed by atoms with Crippen LogP contribution in [0.1, 0.15) is 27.2 Å². The summed E-state index contributed by atoms with van der Waals surface area (Å²) in [7, 11) is 0. The molecule has 5 rings (SSSR count). The molecule has 0 saturated carbocycles. The summed E-state index contributed by atoms with van der Waals surface area (Å²) in [4.78, 5) is 31.6. The summed E-state index contributed by atoms with van der Waals surface area (Å²) in [6, 6.07) is 28.0. The third-order valence-electron chi connectivity index (χ3n) is 5.93. The molecule has 1 saturated heterocycles. The van der Waals surface area contributed by atoms with Gasteiger partial charge in [0.1, 0.15) is 11.5 Å². The summed E-state index contributed by atoms with van der Waals surface area (Å²) < 4.78 is 5.96. The number of thioether (sulfide) groups is 1. The fourth-order valence-electron chi connectivity index (χ4n) is 3.90. The van der Waals surface area contributed by atoms with E-state index in [0.717, 1.165) is 22.4 Å². The number of hydrogen-bond acceptors (Lipinski definition) is 5. The van der Waals surface area contributed by atoms with Crippen LogP contribution in [0.5, 0.6) is 0 Å². The topological polar surface area (TPSA) is 83.1 Å². The van der Waals surface area contributed by atoms with Crippen LogP contribution in [0.4, 0.5) is 5.69 Å². The number of amides is 1. The number of hydrogen-bond donors (Lipinski definition) is 1. The SMILES string of the molecule is Cc1ccc(N=C2S/C(=C\c3ccc(-c4ccc(C(=O)O)cc4)o3)C(=O)N2CCc2ccccc2)cc1. The van der Waals surface area contributed by atoms with Crippen molar-refractivity contribution in [2.45, 2.75) is 13.3 Å². The molecule has 1 fully saturated rings. The molecule has 1 N–H and O–H groups in total. The molecule has 0 aliphatic carbocycles. The minimum absolute atomic E-state index is 0.115. The molecule has 3 aromatic carbocycles. The third-order valence-corrected chi connectivity index (χ3v) is 6.94. The van der Waals surface area contributed by atoms with Gasteiger partial charge in [0.2, 0.25) is 0 Å². The minimum atomic E-state index is -0.979. The molecule has 37 heavy (non-hydrogen) atoms. The lowest BCUT2D eigenvalue weighted by atomic mass is 10.1. The van der Waals surface area contributed by atoms with E-state index in [0.29, 0.717) is 34.6 Å². The van der Waals surface area contributed by atoms with Crippen LogP contribution in [-0.4, -0.2) is 33.6 Å². The average molecular weight is 509 g/mol. The molecule has 1 amide bonds. The first-order valence-electron chi connectivity index (χ1n) is 11.8. The quantitative estimate of drug-likeness (QED) is 0.278. The van der Waals surface area contributed by atoms with Crippen molar-refractivity contribution in [3.8, 4) is 11.3 Å². The molecule has 7 heteroatoms. The zero-order valence-electron chi connectivity index (χ0n) is 20.1. The summed E-state index contributed by atoms with van der Waals surface area (Å²) in [5.74, 6) is 0.0325. The lowest BCUT2D eigenvalue weighted by Crippen LogP contribution is -2.31. The molecule has 1 aliphatic heterocycles. The molecule has 4 aromatic rings. The Kier molecular flexibility index (Phi) is 7.05. The Morgan fingerprint density at radius 2 is 1.70 bits per heavy atom. The van der Waals surface area contributed by atoms with Gasteiger partial charge in [-0.05, 0) is 67.1 Å². The van der Waals surface area contributed by atoms with Crippen molar-refractivity contribution in [3.63, 3.8) is 0 Å². The highest BCUT2D eigenvalue weighted by molar-refractivity contribution is 8.18. The Morgan fingerprint density at radius 1 is 0.973 bits per heavy atom. The van der Waals surface area contributed by atoms with E-state index in [1.807, 2.05) is 49.4 Å². The van der Waals surface area contributed by atoms with E-state index in [9.17, 15) is 9.59 Å². The van der Waals surface area contributed by atoms with Crippen molar-refractivity contribution in [2.75, 3.05) is 6.54 Å². The minimum Gasteiger partial charge on any atom is -0.478 e.